The quantitative estimate of drug-likeness (QED) is 0.592. The maximum Gasteiger partial charge on any atom is 0.158 e. The Kier molecular flexibility index (Phi) is 5.48. The van der Waals surface area contributed by atoms with Crippen LogP contribution in [0, 0.1) is 0 Å². The van der Waals surface area contributed by atoms with Crippen molar-refractivity contribution in [1.82, 2.24) is 4.90 Å². The summed E-state index contributed by atoms with van der Waals surface area (Å²) in [7, 11) is 0. The van der Waals surface area contributed by atoms with E-state index < -0.39 is 5.97 Å². The lowest BCUT2D eigenvalue weighted by atomic mass is 10.3. The van der Waals surface area contributed by atoms with E-state index in [-0.39, 0.29) is 6.54 Å². The maximum atomic E-state index is 10.9. The summed E-state index contributed by atoms with van der Waals surface area (Å²) in [6, 6.07) is 0. The third kappa shape index (κ3) is 4.38. The summed E-state index contributed by atoms with van der Waals surface area (Å²) in [6.45, 7) is 7.09. The van der Waals surface area contributed by atoms with Crippen LogP contribution in [0.5, 0.6) is 0 Å². The Balaban J connectivity index is 2.55. The molecular formula is C13H24N2O2. The smallest absolute Gasteiger partial charge is 0.158 e. The number of nitrogens with zero attached hydrogens (tertiary/aromatic N) is 2. The molecular weight excluding hydrogens is 216 g/mol. The van der Waals surface area contributed by atoms with Crippen LogP contribution in [0.3, 0.4) is 0 Å². The molecule has 0 bridgehead atoms. The van der Waals surface area contributed by atoms with Crippen LogP contribution in [0.2, 0.25) is 0 Å². The van der Waals surface area contributed by atoms with Crippen molar-refractivity contribution in [2.45, 2.75) is 39.5 Å². The molecule has 0 aromatic heterocycles. The van der Waals surface area contributed by atoms with Gasteiger partial charge in [0.05, 0.1) is 18.7 Å². The van der Waals surface area contributed by atoms with E-state index in [2.05, 4.69) is 18.7 Å². The van der Waals surface area contributed by atoms with Crippen LogP contribution in [0.4, 0.5) is 0 Å². The van der Waals surface area contributed by atoms with Gasteiger partial charge in [0.1, 0.15) is 12.7 Å². The zero-order valence-electron chi connectivity index (χ0n) is 11.0. The zero-order chi connectivity index (χ0) is 12.7. The number of carbonyl (C=O) groups excluding carboxylic acids is 1. The van der Waals surface area contributed by atoms with Crippen molar-refractivity contribution in [2.75, 3.05) is 26.3 Å². The molecule has 98 valence electrons. The molecule has 1 rings (SSSR count). The Morgan fingerprint density at radius 1 is 1.35 bits per heavy atom. The molecule has 1 aliphatic heterocycles. The first kappa shape index (κ1) is 14.0. The lowest BCUT2D eigenvalue weighted by Crippen LogP contribution is -2.52. The fourth-order valence-corrected chi connectivity index (χ4v) is 2.26. The van der Waals surface area contributed by atoms with Gasteiger partial charge in [-0.25, -0.2) is 0 Å². The zero-order valence-corrected chi connectivity index (χ0v) is 11.0. The third-order valence-corrected chi connectivity index (χ3v) is 3.26. The fraction of sp³-hybridized carbons (Fsp3) is 0.769. The summed E-state index contributed by atoms with van der Waals surface area (Å²) >= 11 is 0. The van der Waals surface area contributed by atoms with Gasteiger partial charge in [-0.2, -0.15) is 0 Å². The maximum absolute atomic E-state index is 10.9. The summed E-state index contributed by atoms with van der Waals surface area (Å²) < 4.78 is 0.528. The standard InChI is InChI=1S/C13H24N2O2/c1-3-5-7-14-8-10-15(12-14,9-6-4-2)11-13(16)17/h8,10H,3-7,9,11-12H2,1-2H3. The van der Waals surface area contributed by atoms with Gasteiger partial charge in [0, 0.05) is 6.54 Å². The van der Waals surface area contributed by atoms with Crippen molar-refractivity contribution in [3.8, 4) is 0 Å². The van der Waals surface area contributed by atoms with E-state index in [4.69, 9.17) is 0 Å². The number of hydrogen-bond donors (Lipinski definition) is 0. The lowest BCUT2D eigenvalue weighted by Gasteiger charge is -2.33. The van der Waals surface area contributed by atoms with E-state index >= 15 is 0 Å². The van der Waals surface area contributed by atoms with E-state index in [0.717, 1.165) is 39.0 Å². The largest absolute Gasteiger partial charge is 0.544 e. The number of unbranched alkanes of at least 4 members (excludes halogenated alkanes) is 2. The van der Waals surface area contributed by atoms with Crippen molar-refractivity contribution in [3.05, 3.63) is 12.4 Å². The minimum absolute atomic E-state index is 0.0964. The Bertz CT molecular complexity index is 279. The van der Waals surface area contributed by atoms with Gasteiger partial charge in [-0.1, -0.05) is 26.7 Å². The number of carbonyl (C=O) groups is 1. The van der Waals surface area contributed by atoms with E-state index in [0.29, 0.717) is 4.48 Å². The first-order chi connectivity index (χ1) is 8.12. The SMILES string of the molecule is CCCCN1C=C[N+](CCCC)(CC(=O)[O-])C1. The predicted molar refractivity (Wildman–Crippen MR) is 65.5 cm³/mol. The molecule has 0 spiro atoms. The van der Waals surface area contributed by atoms with Gasteiger partial charge in [-0.15, -0.1) is 0 Å². The highest BCUT2D eigenvalue weighted by atomic mass is 16.4. The topological polar surface area (TPSA) is 43.4 Å². The Hall–Kier alpha value is -1.03. The Morgan fingerprint density at radius 3 is 2.65 bits per heavy atom. The average Bonchev–Trinajstić information content (AvgIpc) is 2.67. The number of carboxylic acid groups (broad SMARTS) is 1. The minimum Gasteiger partial charge on any atom is -0.544 e. The number of quaternary nitrogens is 1. The van der Waals surface area contributed by atoms with Gasteiger partial charge < -0.3 is 14.8 Å². The first-order valence-corrected chi connectivity index (χ1v) is 6.61. The molecule has 1 heterocycles. The Morgan fingerprint density at radius 2 is 2.06 bits per heavy atom. The molecule has 0 aromatic carbocycles. The van der Waals surface area contributed by atoms with E-state index in [1.165, 1.54) is 6.42 Å². The van der Waals surface area contributed by atoms with Gasteiger partial charge in [0.25, 0.3) is 0 Å². The highest BCUT2D eigenvalue weighted by molar-refractivity contribution is 5.65. The van der Waals surface area contributed by atoms with Crippen LogP contribution in [-0.4, -0.2) is 41.7 Å². The molecule has 1 aliphatic rings. The van der Waals surface area contributed by atoms with Crippen LogP contribution in [0.1, 0.15) is 39.5 Å². The number of aliphatic carboxylic acids is 1. The van der Waals surface area contributed by atoms with Crippen LogP contribution in [-0.2, 0) is 4.79 Å². The molecule has 17 heavy (non-hydrogen) atoms. The van der Waals surface area contributed by atoms with Crippen molar-refractivity contribution < 1.29 is 14.4 Å². The molecule has 1 unspecified atom stereocenters. The normalized spacial score (nSPS) is 23.3. The van der Waals surface area contributed by atoms with Crippen LogP contribution < -0.4 is 5.11 Å². The molecule has 0 aromatic rings. The van der Waals surface area contributed by atoms with E-state index in [1.807, 2.05) is 12.4 Å². The number of hydrogen-bond acceptors (Lipinski definition) is 3. The minimum atomic E-state index is -0.955. The molecule has 0 radical (unpaired) electrons. The average molecular weight is 240 g/mol. The van der Waals surface area contributed by atoms with Crippen LogP contribution >= 0.6 is 0 Å². The first-order valence-electron chi connectivity index (χ1n) is 6.61. The van der Waals surface area contributed by atoms with Crippen molar-refractivity contribution >= 4 is 5.97 Å². The molecule has 1 atom stereocenters. The van der Waals surface area contributed by atoms with Crippen molar-refractivity contribution in [3.63, 3.8) is 0 Å². The second-order valence-corrected chi connectivity index (χ2v) is 4.93. The van der Waals surface area contributed by atoms with Crippen LogP contribution in [0.25, 0.3) is 0 Å². The second-order valence-electron chi connectivity index (χ2n) is 4.93. The van der Waals surface area contributed by atoms with Gasteiger partial charge in [-0.3, -0.25) is 4.48 Å². The predicted octanol–water partition coefficient (Wildman–Crippen LogP) is 0.898. The molecule has 0 saturated carbocycles. The van der Waals surface area contributed by atoms with Gasteiger partial charge in [0.2, 0.25) is 0 Å². The van der Waals surface area contributed by atoms with Gasteiger partial charge in [0.15, 0.2) is 6.67 Å². The molecule has 0 amide bonds. The fourth-order valence-electron chi connectivity index (χ4n) is 2.26. The number of rotatable bonds is 8. The van der Waals surface area contributed by atoms with Crippen molar-refractivity contribution in [2.24, 2.45) is 0 Å². The summed E-state index contributed by atoms with van der Waals surface area (Å²) in [5.41, 5.74) is 0. The molecule has 0 aliphatic carbocycles. The molecule has 0 N–H and O–H groups in total. The highest BCUT2D eigenvalue weighted by Crippen LogP contribution is 2.19. The second kappa shape index (κ2) is 6.64. The lowest BCUT2D eigenvalue weighted by molar-refractivity contribution is -0.876. The van der Waals surface area contributed by atoms with Crippen molar-refractivity contribution in [1.29, 1.82) is 0 Å². The molecule has 4 nitrogen and oxygen atoms in total. The summed E-state index contributed by atoms with van der Waals surface area (Å²) in [5, 5.41) is 10.9. The summed E-state index contributed by atoms with van der Waals surface area (Å²) in [4.78, 5) is 13.1. The van der Waals surface area contributed by atoms with E-state index in [1.54, 1.807) is 0 Å². The number of carboxylic acids is 1. The molecule has 0 saturated heterocycles. The van der Waals surface area contributed by atoms with Gasteiger partial charge >= 0.3 is 0 Å². The molecule has 0 fully saturated rings. The van der Waals surface area contributed by atoms with Gasteiger partial charge in [-0.05, 0) is 12.8 Å². The summed E-state index contributed by atoms with van der Waals surface area (Å²) in [5.74, 6) is -0.955. The third-order valence-electron chi connectivity index (χ3n) is 3.26. The Labute approximate surface area is 104 Å². The van der Waals surface area contributed by atoms with Crippen LogP contribution in [0.15, 0.2) is 12.4 Å². The summed E-state index contributed by atoms with van der Waals surface area (Å²) in [6.07, 6.45) is 8.55. The monoisotopic (exact) mass is 240 g/mol. The van der Waals surface area contributed by atoms with E-state index in [9.17, 15) is 9.90 Å². The molecule has 4 heteroatoms. The highest BCUT2D eigenvalue weighted by Gasteiger charge is 2.31.